The number of nitrogens with two attached hydrogens (primary N) is 11. The van der Waals surface area contributed by atoms with Crippen LogP contribution in [-0.2, 0) is 52.7 Å². The molecule has 1 aliphatic rings. The molecule has 1 aliphatic heterocycles. The number of guanidine groups is 4. The van der Waals surface area contributed by atoms with Gasteiger partial charge in [-0.15, -0.1) is 0 Å². The minimum absolute atomic E-state index is 0.00359. The van der Waals surface area contributed by atoms with Crippen LogP contribution in [0, 0.1) is 0 Å². The number of carboxylic acids is 2. The van der Waals surface area contributed by atoms with Gasteiger partial charge in [-0.05, 0) is 136 Å². The summed E-state index contributed by atoms with van der Waals surface area (Å²) in [5.41, 5.74) is 61.2. The molecule has 0 spiro atoms. The monoisotopic (exact) mass is 1300 g/mol. The minimum Gasteiger partial charge on any atom is -0.481 e. The van der Waals surface area contributed by atoms with Crippen LogP contribution in [0.2, 0.25) is 0 Å². The molecule has 0 aromatic heterocycles. The zero-order chi connectivity index (χ0) is 68.8. The van der Waals surface area contributed by atoms with Gasteiger partial charge in [0.25, 0.3) is 0 Å². The highest BCUT2D eigenvalue weighted by atomic mass is 16.4. The highest BCUT2D eigenvalue weighted by Crippen LogP contribution is 2.20. The maximum Gasteiger partial charge on any atom is 0.326 e. The molecular weight excluding hydrogens is 1200 g/mol. The van der Waals surface area contributed by atoms with E-state index in [0.717, 1.165) is 0 Å². The van der Waals surface area contributed by atoms with Crippen molar-refractivity contribution in [2.45, 2.75) is 196 Å². The number of unbranched alkanes of at least 4 members (excludes halogenated alkanes) is 2. The number of aliphatic hydroxyl groups excluding tert-OH is 1. The third-order valence-electron chi connectivity index (χ3n) is 14.1. The lowest BCUT2D eigenvalue weighted by Gasteiger charge is -2.29. The van der Waals surface area contributed by atoms with Crippen molar-refractivity contribution in [2.75, 3.05) is 45.8 Å². The summed E-state index contributed by atoms with van der Waals surface area (Å²) in [5, 5.41) is 49.9. The second-order valence-corrected chi connectivity index (χ2v) is 21.7. The summed E-state index contributed by atoms with van der Waals surface area (Å²) >= 11 is 0. The van der Waals surface area contributed by atoms with Crippen molar-refractivity contribution >= 4 is 88.9 Å². The lowest BCUT2D eigenvalue weighted by atomic mass is 10.0. The number of nitrogens with zero attached hydrogens (tertiary/aromatic N) is 5. The molecule has 0 aromatic rings. The Morgan fingerprint density at radius 3 is 1.11 bits per heavy atom. The van der Waals surface area contributed by atoms with Crippen LogP contribution in [0.5, 0.6) is 0 Å². The van der Waals surface area contributed by atoms with E-state index in [9.17, 15) is 68.1 Å². The Bertz CT molecular complexity index is 2510. The largest absolute Gasteiger partial charge is 0.481 e. The van der Waals surface area contributed by atoms with Gasteiger partial charge in [0.2, 0.25) is 53.2 Å². The molecule has 1 saturated heterocycles. The number of hydrogen-bond acceptors (Lipinski definition) is 19. The molecule has 1 heterocycles. The van der Waals surface area contributed by atoms with E-state index >= 15 is 0 Å². The molecule has 516 valence electrons. The average molecular weight is 1300 g/mol. The number of carbonyl (C=O) groups excluding carboxylic acids is 9. The Kier molecular flexibility index (Phi) is 38.5. The Morgan fingerprint density at radius 1 is 0.451 bits per heavy atom. The first-order chi connectivity index (χ1) is 42.9. The van der Waals surface area contributed by atoms with E-state index < -0.39 is 144 Å². The maximum atomic E-state index is 14.4. The molecule has 9 amide bonds. The first-order valence-corrected chi connectivity index (χ1v) is 30.2. The van der Waals surface area contributed by atoms with Gasteiger partial charge < -0.3 is 126 Å². The fraction of sp³-hybridized carbons (Fsp3) is 0.717. The lowest BCUT2D eigenvalue weighted by Crippen LogP contribution is -2.60. The van der Waals surface area contributed by atoms with Crippen LogP contribution >= 0.6 is 0 Å². The molecule has 1 fully saturated rings. The minimum atomic E-state index is -1.66. The van der Waals surface area contributed by atoms with Crippen molar-refractivity contribution in [1.29, 1.82) is 0 Å². The molecule has 38 heteroatoms. The number of aliphatic carboxylic acids is 2. The number of aliphatic imine (C=N–C) groups is 4. The van der Waals surface area contributed by atoms with E-state index in [2.05, 4.69) is 62.5 Å². The summed E-state index contributed by atoms with van der Waals surface area (Å²) in [5.74, 6) is -11.8. The van der Waals surface area contributed by atoms with E-state index in [1.54, 1.807) is 0 Å². The predicted molar refractivity (Wildman–Crippen MR) is 335 cm³/mol. The van der Waals surface area contributed by atoms with Crippen LogP contribution in [-0.4, -0.2) is 221 Å². The topological polar surface area (TPSA) is 684 Å². The molecule has 0 radical (unpaired) electrons. The fourth-order valence-corrected chi connectivity index (χ4v) is 9.14. The molecular formula is C53H100N24O14. The third kappa shape index (κ3) is 32.9. The Balaban J connectivity index is 3.63. The fourth-order valence-electron chi connectivity index (χ4n) is 9.14. The van der Waals surface area contributed by atoms with Gasteiger partial charge in [0.1, 0.15) is 60.4 Å². The zero-order valence-electron chi connectivity index (χ0n) is 51.9. The summed E-state index contributed by atoms with van der Waals surface area (Å²) in [7, 11) is 0. The zero-order valence-corrected chi connectivity index (χ0v) is 51.9. The molecule has 0 saturated carbocycles. The predicted octanol–water partition coefficient (Wildman–Crippen LogP) is -8.99. The highest BCUT2D eigenvalue weighted by molar-refractivity contribution is 5.99. The van der Waals surface area contributed by atoms with E-state index in [-0.39, 0.29) is 147 Å². The van der Waals surface area contributed by atoms with Crippen molar-refractivity contribution in [3.05, 3.63) is 0 Å². The second-order valence-electron chi connectivity index (χ2n) is 21.7. The summed E-state index contributed by atoms with van der Waals surface area (Å²) in [6.07, 6.45) is -0.630. The summed E-state index contributed by atoms with van der Waals surface area (Å²) in [6.45, 7) is 3.08. The smallest absolute Gasteiger partial charge is 0.326 e. The van der Waals surface area contributed by atoms with Crippen molar-refractivity contribution in [2.24, 2.45) is 83.0 Å². The Morgan fingerprint density at radius 2 is 0.769 bits per heavy atom. The van der Waals surface area contributed by atoms with Gasteiger partial charge in [0.05, 0.1) is 6.10 Å². The first-order valence-electron chi connectivity index (χ1n) is 30.2. The van der Waals surface area contributed by atoms with E-state index in [4.69, 9.17) is 63.1 Å². The number of likely N-dealkylation sites (tertiary alicyclic amines) is 1. The second kappa shape index (κ2) is 43.7. The number of carboxylic acid groups (broad SMARTS) is 2. The third-order valence-corrected chi connectivity index (χ3v) is 14.1. The molecule has 0 aromatic carbocycles. The SMILES string of the molecule is C[C@H](NC(=O)[C@H](CCC(=O)O)NC(=O)[C@H](CCCN=C(N)N)NC(=O)[C@@H]1CCCN1C(=O)[C@@H](N)[C@@H](C)O)C(=O)N[C@@H](CCCN=C(N)N)C(=O)N[C@@H](CCCN=C(N)N)C(=O)N[C@@H](CCCCN)C(=O)N[C@@H](CCCCN)C(=O)N[C@@H](CCCN=C(N)N)C(=O)O. The first kappa shape index (κ1) is 80.1. The molecule has 0 bridgehead atoms. The molecule has 11 atom stereocenters. The van der Waals surface area contributed by atoms with E-state index in [1.807, 2.05) is 0 Å². The summed E-state index contributed by atoms with van der Waals surface area (Å²) in [4.78, 5) is 167. The van der Waals surface area contributed by atoms with Gasteiger partial charge in [0.15, 0.2) is 23.8 Å². The quantitative estimate of drug-likeness (QED) is 0.0153. The van der Waals surface area contributed by atoms with Crippen molar-refractivity contribution in [3.8, 4) is 0 Å². The molecule has 0 aliphatic carbocycles. The Hall–Kier alpha value is -8.91. The number of carbonyl (C=O) groups is 11. The standard InChI is InChI=1S/C53H100N24O14/c1-28(69-41(82)35(19-20-38(79)80)74-45(86)34(16-9-25-67-52(61)62)75-47(88)37-18-11-27-77(37)48(89)39(56)29(2)78)40(81)70-32(14-7-23-65-50(57)58)43(84)73-33(15-8-24-66-51(59)60)44(85)71-30(12-3-5-21-54)42(83)72-31(13-4-6-22-55)46(87)76-36(49(90)91)17-10-26-68-53(63)64/h28-37,39,78H,3-27,54-56H2,1-2H3,(H,69,82)(H,70,81)(H,71,85)(H,72,83)(H,73,84)(H,74,86)(H,75,88)(H,76,87)(H,79,80)(H,90,91)(H4,57,58,65)(H4,59,60,66)(H4,61,62,67)(H4,63,64,68)/t28-,29+,30-,31-,32-,33-,34-,35-,36-,37-,39-/m0/s1. The van der Waals surface area contributed by atoms with Crippen molar-refractivity contribution in [1.82, 2.24) is 47.4 Å². The number of rotatable bonds is 46. The van der Waals surface area contributed by atoms with Crippen LogP contribution in [0.25, 0.3) is 0 Å². The highest BCUT2D eigenvalue weighted by Gasteiger charge is 2.40. The molecule has 38 nitrogen and oxygen atoms in total. The Labute approximate surface area is 527 Å². The summed E-state index contributed by atoms with van der Waals surface area (Å²) in [6, 6.07) is -14.1. The van der Waals surface area contributed by atoms with Crippen LogP contribution in [0.1, 0.15) is 129 Å². The number of nitrogens with one attached hydrogen (secondary N) is 8. The van der Waals surface area contributed by atoms with E-state index in [0.29, 0.717) is 25.7 Å². The van der Waals surface area contributed by atoms with Crippen LogP contribution in [0.3, 0.4) is 0 Å². The lowest BCUT2D eigenvalue weighted by molar-refractivity contribution is -0.142. The van der Waals surface area contributed by atoms with Gasteiger partial charge in [-0.3, -0.25) is 67.9 Å². The van der Waals surface area contributed by atoms with Gasteiger partial charge in [-0.25, -0.2) is 4.79 Å². The van der Waals surface area contributed by atoms with Crippen molar-refractivity contribution < 1.29 is 68.1 Å². The van der Waals surface area contributed by atoms with Crippen LogP contribution in [0.15, 0.2) is 20.0 Å². The normalized spacial score (nSPS) is 15.9. The summed E-state index contributed by atoms with van der Waals surface area (Å²) < 4.78 is 0. The molecule has 1 rings (SSSR count). The molecule has 33 N–H and O–H groups in total. The van der Waals surface area contributed by atoms with Gasteiger partial charge in [0, 0.05) is 39.1 Å². The van der Waals surface area contributed by atoms with Gasteiger partial charge in [-0.2, -0.15) is 0 Å². The maximum absolute atomic E-state index is 14.4. The van der Waals surface area contributed by atoms with E-state index in [1.165, 1.54) is 18.7 Å². The number of hydrogen-bond donors (Lipinski definition) is 22. The average Bonchev–Trinajstić information content (AvgIpc) is 3.02. The van der Waals surface area contributed by atoms with Gasteiger partial charge in [-0.1, -0.05) is 0 Å². The van der Waals surface area contributed by atoms with Gasteiger partial charge >= 0.3 is 11.9 Å². The molecule has 91 heavy (non-hydrogen) atoms. The van der Waals surface area contributed by atoms with Crippen LogP contribution in [0.4, 0.5) is 0 Å². The number of amides is 9. The van der Waals surface area contributed by atoms with Crippen molar-refractivity contribution in [3.63, 3.8) is 0 Å². The van der Waals surface area contributed by atoms with Crippen LogP contribution < -0.4 is 106 Å². The molecule has 0 unspecified atom stereocenters. The number of aliphatic hydroxyl groups is 1.